The maximum absolute atomic E-state index is 11.9. The third-order valence-electron chi connectivity index (χ3n) is 2.83. The molecule has 0 bridgehead atoms. The number of carboxylic acids is 1. The number of aliphatic carboxylic acids is 1. The van der Waals surface area contributed by atoms with E-state index in [0.29, 0.717) is 6.54 Å². The van der Waals surface area contributed by atoms with Crippen molar-refractivity contribution in [1.82, 2.24) is 15.1 Å². The third-order valence-corrected chi connectivity index (χ3v) is 2.83. The summed E-state index contributed by atoms with van der Waals surface area (Å²) >= 11 is 0. The van der Waals surface area contributed by atoms with Crippen LogP contribution >= 0.6 is 0 Å². The van der Waals surface area contributed by atoms with E-state index >= 15 is 0 Å². The Kier molecular flexibility index (Phi) is 4.92. The van der Waals surface area contributed by atoms with E-state index in [4.69, 9.17) is 5.11 Å². The Labute approximate surface area is 106 Å². The number of likely N-dealkylation sites (N-methyl/N-ethyl adjacent to an activating group) is 1. The fourth-order valence-electron chi connectivity index (χ4n) is 2.16. The predicted molar refractivity (Wildman–Crippen MR) is 65.3 cm³/mol. The zero-order valence-corrected chi connectivity index (χ0v) is 11.0. The van der Waals surface area contributed by atoms with E-state index in [-0.39, 0.29) is 19.0 Å². The van der Waals surface area contributed by atoms with Gasteiger partial charge in [0, 0.05) is 25.6 Å². The molecule has 0 aromatic rings. The number of hydrogen-bond acceptors (Lipinski definition) is 4. The third kappa shape index (κ3) is 3.85. The van der Waals surface area contributed by atoms with Gasteiger partial charge in [-0.3, -0.25) is 0 Å². The van der Waals surface area contributed by atoms with E-state index in [0.717, 1.165) is 0 Å². The number of aliphatic hydroxyl groups excluding tert-OH is 1. The van der Waals surface area contributed by atoms with E-state index in [9.17, 15) is 14.7 Å². The molecule has 0 radical (unpaired) electrons. The standard InChI is InChI=1S/C11H21N3O4/c1-7(5-13(2)3)12-11(18)14-6-8(15)4-9(14)10(16)17/h7-9,15H,4-6H2,1-3H3,(H,12,18)(H,16,17). The first-order chi connectivity index (χ1) is 8.31. The first-order valence-corrected chi connectivity index (χ1v) is 5.94. The van der Waals surface area contributed by atoms with Crippen molar-refractivity contribution < 1.29 is 19.8 Å². The van der Waals surface area contributed by atoms with Gasteiger partial charge in [0.15, 0.2) is 0 Å². The van der Waals surface area contributed by atoms with Gasteiger partial charge in [-0.2, -0.15) is 0 Å². The lowest BCUT2D eigenvalue weighted by Crippen LogP contribution is -2.50. The highest BCUT2D eigenvalue weighted by atomic mass is 16.4. The van der Waals surface area contributed by atoms with Crippen molar-refractivity contribution in [3.63, 3.8) is 0 Å². The Balaban J connectivity index is 2.57. The second-order valence-corrected chi connectivity index (χ2v) is 5.01. The Morgan fingerprint density at radius 3 is 2.61 bits per heavy atom. The van der Waals surface area contributed by atoms with Crippen molar-refractivity contribution in [1.29, 1.82) is 0 Å². The molecule has 1 aliphatic heterocycles. The van der Waals surface area contributed by atoms with E-state index < -0.39 is 24.1 Å². The summed E-state index contributed by atoms with van der Waals surface area (Å²) in [5.41, 5.74) is 0. The van der Waals surface area contributed by atoms with Gasteiger partial charge < -0.3 is 25.3 Å². The molecule has 1 saturated heterocycles. The van der Waals surface area contributed by atoms with Crippen LogP contribution in [0.5, 0.6) is 0 Å². The van der Waals surface area contributed by atoms with Crippen molar-refractivity contribution in [3.05, 3.63) is 0 Å². The van der Waals surface area contributed by atoms with Crippen LogP contribution in [0.2, 0.25) is 0 Å². The highest BCUT2D eigenvalue weighted by Crippen LogP contribution is 2.18. The molecule has 0 aromatic carbocycles. The summed E-state index contributed by atoms with van der Waals surface area (Å²) in [6, 6.07) is -1.46. The van der Waals surface area contributed by atoms with Crippen LogP contribution in [0.25, 0.3) is 0 Å². The van der Waals surface area contributed by atoms with Gasteiger partial charge in [-0.15, -0.1) is 0 Å². The second-order valence-electron chi connectivity index (χ2n) is 5.01. The molecule has 3 unspecified atom stereocenters. The van der Waals surface area contributed by atoms with Crippen LogP contribution in [-0.2, 0) is 4.79 Å². The normalized spacial score (nSPS) is 25.3. The fraction of sp³-hybridized carbons (Fsp3) is 0.818. The van der Waals surface area contributed by atoms with Gasteiger partial charge >= 0.3 is 12.0 Å². The summed E-state index contributed by atoms with van der Waals surface area (Å²) in [5, 5.41) is 21.2. The van der Waals surface area contributed by atoms with Crippen LogP contribution in [0, 0.1) is 0 Å². The Hall–Kier alpha value is -1.34. The lowest BCUT2D eigenvalue weighted by Gasteiger charge is -2.25. The Morgan fingerprint density at radius 1 is 1.50 bits per heavy atom. The smallest absolute Gasteiger partial charge is 0.326 e. The number of rotatable bonds is 4. The van der Waals surface area contributed by atoms with Crippen molar-refractivity contribution in [2.75, 3.05) is 27.2 Å². The van der Waals surface area contributed by atoms with Gasteiger partial charge in [0.25, 0.3) is 0 Å². The number of β-amino-alcohol motifs (C(OH)–C–C–N with tert-alkyl or cyclic N) is 1. The Morgan fingerprint density at radius 2 is 2.11 bits per heavy atom. The summed E-state index contributed by atoms with van der Waals surface area (Å²) < 4.78 is 0. The molecule has 0 saturated carbocycles. The zero-order valence-electron chi connectivity index (χ0n) is 11.0. The average molecular weight is 259 g/mol. The minimum absolute atomic E-state index is 0.0669. The molecule has 3 atom stereocenters. The van der Waals surface area contributed by atoms with Crippen LogP contribution in [-0.4, -0.2) is 77.4 Å². The summed E-state index contributed by atoms with van der Waals surface area (Å²) in [6.45, 7) is 2.58. The summed E-state index contributed by atoms with van der Waals surface area (Å²) in [6.07, 6.45) is -0.675. The molecule has 18 heavy (non-hydrogen) atoms. The molecular weight excluding hydrogens is 238 g/mol. The number of carboxylic acid groups (broad SMARTS) is 1. The van der Waals surface area contributed by atoms with Crippen molar-refractivity contribution >= 4 is 12.0 Å². The topological polar surface area (TPSA) is 93.1 Å². The lowest BCUT2D eigenvalue weighted by molar-refractivity contribution is -0.141. The molecule has 1 rings (SSSR count). The van der Waals surface area contributed by atoms with E-state index in [1.54, 1.807) is 0 Å². The highest BCUT2D eigenvalue weighted by Gasteiger charge is 2.39. The summed E-state index contributed by atoms with van der Waals surface area (Å²) in [7, 11) is 3.78. The van der Waals surface area contributed by atoms with Crippen molar-refractivity contribution in [2.24, 2.45) is 0 Å². The van der Waals surface area contributed by atoms with Crippen LogP contribution in [0.3, 0.4) is 0 Å². The van der Waals surface area contributed by atoms with Gasteiger partial charge in [-0.25, -0.2) is 9.59 Å². The monoisotopic (exact) mass is 259 g/mol. The maximum atomic E-state index is 11.9. The van der Waals surface area contributed by atoms with Crippen LogP contribution in [0.15, 0.2) is 0 Å². The van der Waals surface area contributed by atoms with Gasteiger partial charge in [0.2, 0.25) is 0 Å². The number of hydrogen-bond donors (Lipinski definition) is 3. The van der Waals surface area contributed by atoms with Crippen molar-refractivity contribution in [3.8, 4) is 0 Å². The number of likely N-dealkylation sites (tertiary alicyclic amines) is 1. The molecular formula is C11H21N3O4. The molecule has 7 heteroatoms. The number of urea groups is 1. The Bertz CT molecular complexity index is 321. The van der Waals surface area contributed by atoms with Crippen LogP contribution in [0.1, 0.15) is 13.3 Å². The van der Waals surface area contributed by atoms with E-state index in [1.807, 2.05) is 25.9 Å². The largest absolute Gasteiger partial charge is 0.480 e. The minimum Gasteiger partial charge on any atom is -0.480 e. The lowest BCUT2D eigenvalue weighted by atomic mass is 10.2. The molecule has 1 heterocycles. The number of aliphatic hydroxyl groups is 1. The first kappa shape index (κ1) is 14.7. The van der Waals surface area contributed by atoms with E-state index in [2.05, 4.69) is 5.32 Å². The average Bonchev–Trinajstić information content (AvgIpc) is 2.58. The van der Waals surface area contributed by atoms with Gasteiger partial charge in [-0.05, 0) is 21.0 Å². The van der Waals surface area contributed by atoms with Gasteiger partial charge in [0.1, 0.15) is 6.04 Å². The number of amides is 2. The number of carbonyl (C=O) groups is 2. The number of nitrogens with one attached hydrogen (secondary N) is 1. The maximum Gasteiger partial charge on any atom is 0.326 e. The predicted octanol–water partition coefficient (Wildman–Crippen LogP) is -0.834. The molecule has 0 spiro atoms. The van der Waals surface area contributed by atoms with Crippen LogP contribution < -0.4 is 5.32 Å². The van der Waals surface area contributed by atoms with Gasteiger partial charge in [0.05, 0.1) is 6.10 Å². The molecule has 1 fully saturated rings. The minimum atomic E-state index is -1.08. The molecule has 0 aliphatic carbocycles. The van der Waals surface area contributed by atoms with Crippen molar-refractivity contribution in [2.45, 2.75) is 31.5 Å². The van der Waals surface area contributed by atoms with E-state index in [1.165, 1.54) is 4.90 Å². The quantitative estimate of drug-likeness (QED) is 0.612. The first-order valence-electron chi connectivity index (χ1n) is 5.94. The molecule has 104 valence electrons. The SMILES string of the molecule is CC(CN(C)C)NC(=O)N1CC(O)CC1C(=O)O. The molecule has 1 aliphatic rings. The second kappa shape index (κ2) is 6.01. The zero-order chi connectivity index (χ0) is 13.9. The summed E-state index contributed by atoms with van der Waals surface area (Å²) in [5.74, 6) is -1.08. The summed E-state index contributed by atoms with van der Waals surface area (Å²) in [4.78, 5) is 26.0. The van der Waals surface area contributed by atoms with Crippen LogP contribution in [0.4, 0.5) is 4.79 Å². The number of carbonyl (C=O) groups excluding carboxylic acids is 1. The molecule has 3 N–H and O–H groups in total. The highest BCUT2D eigenvalue weighted by molar-refractivity contribution is 5.83. The molecule has 7 nitrogen and oxygen atoms in total. The molecule has 0 aromatic heterocycles. The fourth-order valence-corrected chi connectivity index (χ4v) is 2.16. The van der Waals surface area contributed by atoms with Gasteiger partial charge in [-0.1, -0.05) is 0 Å². The number of nitrogens with zero attached hydrogens (tertiary/aromatic N) is 2. The molecule has 2 amide bonds.